The first-order valence-electron chi connectivity index (χ1n) is 9.28. The van der Waals surface area contributed by atoms with Gasteiger partial charge in [0.2, 0.25) is 0 Å². The molecule has 6 heteroatoms. The van der Waals surface area contributed by atoms with E-state index in [4.69, 9.17) is 4.74 Å². The van der Waals surface area contributed by atoms with E-state index in [1.165, 1.54) is 0 Å². The molecule has 2 bridgehead atoms. The average Bonchev–Trinajstić information content (AvgIpc) is 3.11. The molecule has 1 fully saturated rings. The highest BCUT2D eigenvalue weighted by atomic mass is 16.5. The zero-order valence-corrected chi connectivity index (χ0v) is 15.1. The van der Waals surface area contributed by atoms with Crippen molar-refractivity contribution in [2.24, 2.45) is 5.92 Å². The lowest BCUT2D eigenvalue weighted by atomic mass is 9.83. The Morgan fingerprint density at radius 3 is 2.89 bits per heavy atom. The number of ether oxygens (including phenoxy) is 1. The van der Waals surface area contributed by atoms with Crippen LogP contribution in [-0.2, 0) is 6.54 Å². The van der Waals surface area contributed by atoms with Crippen molar-refractivity contribution < 1.29 is 9.53 Å². The third kappa shape index (κ3) is 2.63. The molecule has 3 aromatic rings. The Labute approximate surface area is 156 Å². The molecule has 2 atom stereocenters. The minimum Gasteiger partial charge on any atom is -0.497 e. The summed E-state index contributed by atoms with van der Waals surface area (Å²) in [5.41, 5.74) is 2.64. The summed E-state index contributed by atoms with van der Waals surface area (Å²) in [7, 11) is 1.63. The number of fused-ring (bicyclic) bond motifs is 5. The molecule has 0 unspecified atom stereocenters. The first-order chi connectivity index (χ1) is 13.1. The molecule has 1 saturated heterocycles. The van der Waals surface area contributed by atoms with Gasteiger partial charge in [-0.2, -0.15) is 0 Å². The fraction of sp³-hybridized carbons (Fsp3) is 0.333. The van der Waals surface area contributed by atoms with Crippen LogP contribution in [0, 0.1) is 5.92 Å². The van der Waals surface area contributed by atoms with Gasteiger partial charge in [0.05, 0.1) is 7.11 Å². The van der Waals surface area contributed by atoms with Gasteiger partial charge in [0.25, 0.3) is 11.5 Å². The molecule has 138 valence electrons. The molecular formula is C21H21N3O3. The zero-order chi connectivity index (χ0) is 18.5. The van der Waals surface area contributed by atoms with Gasteiger partial charge in [-0.3, -0.25) is 9.59 Å². The van der Waals surface area contributed by atoms with Gasteiger partial charge >= 0.3 is 0 Å². The summed E-state index contributed by atoms with van der Waals surface area (Å²) in [6, 6.07) is 13.1. The minimum atomic E-state index is 0.0200. The summed E-state index contributed by atoms with van der Waals surface area (Å²) in [5, 5.41) is 0.965. The maximum Gasteiger partial charge on any atom is 0.270 e. The fourth-order valence-electron chi connectivity index (χ4n) is 4.59. The van der Waals surface area contributed by atoms with Gasteiger partial charge in [-0.1, -0.05) is 6.07 Å². The van der Waals surface area contributed by atoms with Crippen molar-refractivity contribution >= 4 is 16.8 Å². The van der Waals surface area contributed by atoms with Crippen molar-refractivity contribution in [2.45, 2.75) is 18.9 Å². The van der Waals surface area contributed by atoms with Gasteiger partial charge in [0.15, 0.2) is 0 Å². The Bertz CT molecular complexity index is 1100. The molecule has 2 aliphatic rings. The molecule has 0 aliphatic carbocycles. The van der Waals surface area contributed by atoms with E-state index >= 15 is 0 Å². The molecular weight excluding hydrogens is 342 g/mol. The van der Waals surface area contributed by atoms with Gasteiger partial charge in [-0.25, -0.2) is 0 Å². The van der Waals surface area contributed by atoms with E-state index in [2.05, 4.69) is 4.98 Å². The second kappa shape index (κ2) is 6.01. The highest BCUT2D eigenvalue weighted by Gasteiger charge is 2.36. The summed E-state index contributed by atoms with van der Waals surface area (Å²) in [4.78, 5) is 30.4. The quantitative estimate of drug-likeness (QED) is 0.761. The first-order valence-corrected chi connectivity index (χ1v) is 9.28. The summed E-state index contributed by atoms with van der Waals surface area (Å²) in [5.74, 6) is 1.34. The van der Waals surface area contributed by atoms with Crippen molar-refractivity contribution in [1.29, 1.82) is 0 Å². The number of benzene rings is 1. The molecule has 0 radical (unpaired) electrons. The summed E-state index contributed by atoms with van der Waals surface area (Å²) >= 11 is 0. The summed E-state index contributed by atoms with van der Waals surface area (Å²) in [6.07, 6.45) is 1.04. The van der Waals surface area contributed by atoms with Gasteiger partial charge in [-0.05, 0) is 42.7 Å². The Morgan fingerprint density at radius 1 is 1.15 bits per heavy atom. The van der Waals surface area contributed by atoms with Crippen LogP contribution in [-0.4, -0.2) is 40.6 Å². The maximum atomic E-state index is 13.1. The normalized spacial score (nSPS) is 21.1. The molecule has 27 heavy (non-hydrogen) atoms. The summed E-state index contributed by atoms with van der Waals surface area (Å²) in [6.45, 7) is 2.03. The number of aromatic amines is 1. The van der Waals surface area contributed by atoms with Crippen molar-refractivity contribution in [3.8, 4) is 5.75 Å². The maximum absolute atomic E-state index is 13.1. The number of piperidine rings is 1. The highest BCUT2D eigenvalue weighted by molar-refractivity contribution is 5.98. The summed E-state index contributed by atoms with van der Waals surface area (Å²) < 4.78 is 7.15. The number of likely N-dealkylation sites (tertiary alicyclic amines) is 1. The number of nitrogens with zero attached hydrogens (tertiary/aromatic N) is 2. The van der Waals surface area contributed by atoms with Crippen molar-refractivity contribution in [3.63, 3.8) is 0 Å². The Kier molecular flexibility index (Phi) is 3.60. The van der Waals surface area contributed by atoms with Crippen molar-refractivity contribution in [3.05, 3.63) is 64.2 Å². The minimum absolute atomic E-state index is 0.0200. The predicted octanol–water partition coefficient (Wildman–Crippen LogP) is 2.60. The molecule has 1 amide bonds. The molecule has 1 aromatic carbocycles. The molecule has 2 aliphatic heterocycles. The van der Waals surface area contributed by atoms with E-state index in [1.54, 1.807) is 13.2 Å². The van der Waals surface area contributed by atoms with E-state index < -0.39 is 0 Å². The van der Waals surface area contributed by atoms with Gasteiger partial charge in [0, 0.05) is 48.2 Å². The third-order valence-corrected chi connectivity index (χ3v) is 5.83. The molecule has 0 saturated carbocycles. The standard InChI is InChI=1S/C21H21N3O3/c1-27-16-5-6-17-14(8-16)9-18(22-17)21(26)23-10-13-7-15(12-23)19-3-2-4-20(25)24(19)11-13/h2-6,8-9,13,15,22H,7,10-12H2,1H3/t13-,15+/m0/s1. The van der Waals surface area contributed by atoms with E-state index in [1.807, 2.05) is 45.9 Å². The van der Waals surface area contributed by atoms with Crippen LogP contribution in [0.15, 0.2) is 47.3 Å². The van der Waals surface area contributed by atoms with E-state index in [0.717, 1.165) is 28.8 Å². The second-order valence-corrected chi connectivity index (χ2v) is 7.54. The van der Waals surface area contributed by atoms with Gasteiger partial charge < -0.3 is 19.2 Å². The van der Waals surface area contributed by atoms with Crippen LogP contribution in [0.4, 0.5) is 0 Å². The van der Waals surface area contributed by atoms with Crippen LogP contribution in [0.2, 0.25) is 0 Å². The van der Waals surface area contributed by atoms with Crippen molar-refractivity contribution in [1.82, 2.24) is 14.5 Å². The van der Waals surface area contributed by atoms with Crippen LogP contribution in [0.5, 0.6) is 5.75 Å². The lowest BCUT2D eigenvalue weighted by Gasteiger charge is -2.42. The molecule has 5 rings (SSSR count). The lowest BCUT2D eigenvalue weighted by molar-refractivity contribution is 0.0589. The molecule has 4 heterocycles. The fourth-order valence-corrected chi connectivity index (χ4v) is 4.59. The lowest BCUT2D eigenvalue weighted by Crippen LogP contribution is -2.49. The topological polar surface area (TPSA) is 67.3 Å². The number of carbonyl (C=O) groups is 1. The van der Waals surface area contributed by atoms with E-state index in [9.17, 15) is 9.59 Å². The number of pyridine rings is 1. The number of H-pyrrole nitrogens is 1. The number of nitrogens with one attached hydrogen (secondary N) is 1. The molecule has 1 N–H and O–H groups in total. The number of aromatic nitrogens is 2. The first kappa shape index (κ1) is 16.2. The highest BCUT2D eigenvalue weighted by Crippen LogP contribution is 2.35. The van der Waals surface area contributed by atoms with E-state index in [0.29, 0.717) is 31.2 Å². The number of amides is 1. The monoisotopic (exact) mass is 363 g/mol. The van der Waals surface area contributed by atoms with Crippen LogP contribution < -0.4 is 10.3 Å². The molecule has 6 nitrogen and oxygen atoms in total. The number of hydrogen-bond acceptors (Lipinski definition) is 3. The Balaban J connectivity index is 1.44. The number of hydrogen-bond donors (Lipinski definition) is 1. The zero-order valence-electron chi connectivity index (χ0n) is 15.1. The Morgan fingerprint density at radius 2 is 2.04 bits per heavy atom. The van der Waals surface area contributed by atoms with Gasteiger partial charge in [-0.15, -0.1) is 0 Å². The van der Waals surface area contributed by atoms with Crippen LogP contribution in [0.1, 0.15) is 28.5 Å². The SMILES string of the molecule is COc1ccc2[nH]c(C(=O)N3C[C@@H]4C[C@H](C3)c3cccc(=O)n3C4)cc2c1. The Hall–Kier alpha value is -3.02. The van der Waals surface area contributed by atoms with Crippen LogP contribution >= 0.6 is 0 Å². The second-order valence-electron chi connectivity index (χ2n) is 7.54. The van der Waals surface area contributed by atoms with Crippen LogP contribution in [0.3, 0.4) is 0 Å². The largest absolute Gasteiger partial charge is 0.497 e. The third-order valence-electron chi connectivity index (χ3n) is 5.83. The van der Waals surface area contributed by atoms with Gasteiger partial charge in [0.1, 0.15) is 11.4 Å². The van der Waals surface area contributed by atoms with E-state index in [-0.39, 0.29) is 17.4 Å². The number of carbonyl (C=O) groups excluding carboxylic acids is 1. The predicted molar refractivity (Wildman–Crippen MR) is 102 cm³/mol. The number of rotatable bonds is 2. The average molecular weight is 363 g/mol. The number of methoxy groups -OCH3 is 1. The van der Waals surface area contributed by atoms with Crippen molar-refractivity contribution in [2.75, 3.05) is 20.2 Å². The van der Waals surface area contributed by atoms with Crippen LogP contribution in [0.25, 0.3) is 10.9 Å². The molecule has 0 spiro atoms. The molecule has 2 aromatic heterocycles. The smallest absolute Gasteiger partial charge is 0.270 e.